The molecule has 1 heterocycles. The Labute approximate surface area is 143 Å². The first kappa shape index (κ1) is 17.2. The van der Waals surface area contributed by atoms with E-state index in [4.69, 9.17) is 21.4 Å². The van der Waals surface area contributed by atoms with Crippen LogP contribution in [0, 0.1) is 0 Å². The van der Waals surface area contributed by atoms with Crippen molar-refractivity contribution in [3.63, 3.8) is 0 Å². The fourth-order valence-corrected chi connectivity index (χ4v) is 1.86. The monoisotopic (exact) mass is 345 g/mol. The van der Waals surface area contributed by atoms with Crippen LogP contribution in [-0.4, -0.2) is 23.5 Å². The number of rotatable bonds is 5. The maximum atomic E-state index is 12.2. The summed E-state index contributed by atoms with van der Waals surface area (Å²) in [5.74, 6) is -0.485. The van der Waals surface area contributed by atoms with Gasteiger partial charge in [-0.15, -0.1) is 0 Å². The fraction of sp³-hybridized carbons (Fsp3) is 0.0625. The Morgan fingerprint density at radius 3 is 2.67 bits per heavy atom. The third-order valence-electron chi connectivity index (χ3n) is 2.75. The highest BCUT2D eigenvalue weighted by molar-refractivity contribution is 7.80. The zero-order chi connectivity index (χ0) is 17.4. The molecular weight excluding hydrogens is 330 g/mol. The second kappa shape index (κ2) is 8.49. The summed E-state index contributed by atoms with van der Waals surface area (Å²) in [4.78, 5) is 23.9. The van der Waals surface area contributed by atoms with Crippen LogP contribution in [0.4, 0.5) is 0 Å². The normalized spacial score (nSPS) is 9.67. The van der Waals surface area contributed by atoms with Gasteiger partial charge < -0.3 is 9.15 Å². The first-order valence-electron chi connectivity index (χ1n) is 6.89. The van der Waals surface area contributed by atoms with Crippen molar-refractivity contribution in [2.45, 2.75) is 0 Å². The second-order valence-corrected chi connectivity index (χ2v) is 4.84. The van der Waals surface area contributed by atoms with Crippen molar-refractivity contribution in [1.82, 2.24) is 16.2 Å². The van der Waals surface area contributed by atoms with Gasteiger partial charge in [-0.25, -0.2) is 0 Å². The van der Waals surface area contributed by atoms with E-state index in [1.54, 1.807) is 36.4 Å². The van der Waals surface area contributed by atoms with Crippen LogP contribution >= 0.6 is 12.2 Å². The predicted octanol–water partition coefficient (Wildman–Crippen LogP) is 1.79. The molecule has 0 aliphatic rings. The molecule has 3 N–H and O–H groups in total. The molecular formula is C16H15N3O4S. The molecule has 1 aromatic heterocycles. The average molecular weight is 345 g/mol. The Morgan fingerprint density at radius 2 is 1.96 bits per heavy atom. The summed E-state index contributed by atoms with van der Waals surface area (Å²) in [6.07, 6.45) is 2.94. The summed E-state index contributed by atoms with van der Waals surface area (Å²) in [7, 11) is 0. The molecule has 124 valence electrons. The molecule has 2 aromatic rings. The van der Waals surface area contributed by atoms with Gasteiger partial charge in [0.05, 0.1) is 11.8 Å². The van der Waals surface area contributed by atoms with Crippen LogP contribution in [0.1, 0.15) is 20.9 Å². The summed E-state index contributed by atoms with van der Waals surface area (Å²) in [6.45, 7) is 3.83. The van der Waals surface area contributed by atoms with E-state index in [1.165, 1.54) is 12.3 Å². The van der Waals surface area contributed by atoms with Gasteiger partial charge in [0.1, 0.15) is 12.4 Å². The zero-order valence-corrected chi connectivity index (χ0v) is 13.4. The highest BCUT2D eigenvalue weighted by Crippen LogP contribution is 2.17. The van der Waals surface area contributed by atoms with Crippen LogP contribution in [0.5, 0.6) is 5.75 Å². The van der Waals surface area contributed by atoms with Crippen molar-refractivity contribution in [2.24, 2.45) is 0 Å². The Hall–Kier alpha value is -3.13. The van der Waals surface area contributed by atoms with Gasteiger partial charge in [-0.2, -0.15) is 0 Å². The molecule has 0 fully saturated rings. The minimum atomic E-state index is -0.526. The van der Waals surface area contributed by atoms with E-state index in [0.29, 0.717) is 11.3 Å². The summed E-state index contributed by atoms with van der Waals surface area (Å²) in [5, 5.41) is 2.29. The summed E-state index contributed by atoms with van der Waals surface area (Å²) >= 11 is 4.93. The smallest absolute Gasteiger partial charge is 0.293 e. The lowest BCUT2D eigenvalue weighted by Crippen LogP contribution is -2.48. The van der Waals surface area contributed by atoms with Crippen molar-refractivity contribution in [3.05, 3.63) is 66.6 Å². The number of para-hydroxylation sites is 1. The fourth-order valence-electron chi connectivity index (χ4n) is 1.71. The van der Waals surface area contributed by atoms with Gasteiger partial charge in [-0.1, -0.05) is 24.8 Å². The topological polar surface area (TPSA) is 92.6 Å². The molecule has 0 unspecified atom stereocenters. The highest BCUT2D eigenvalue weighted by atomic mass is 32.1. The molecule has 2 rings (SSSR count). The molecule has 8 heteroatoms. The van der Waals surface area contributed by atoms with E-state index in [2.05, 4.69) is 22.7 Å². The van der Waals surface area contributed by atoms with Crippen molar-refractivity contribution < 1.29 is 18.7 Å². The van der Waals surface area contributed by atoms with Crippen LogP contribution in [-0.2, 0) is 0 Å². The Bertz CT molecular complexity index is 744. The van der Waals surface area contributed by atoms with Gasteiger partial charge in [0.15, 0.2) is 10.9 Å². The summed E-state index contributed by atoms with van der Waals surface area (Å²) in [6, 6.07) is 9.77. The Kier molecular flexibility index (Phi) is 6.09. The van der Waals surface area contributed by atoms with Crippen LogP contribution < -0.4 is 20.9 Å². The first-order valence-corrected chi connectivity index (χ1v) is 7.30. The van der Waals surface area contributed by atoms with Crippen LogP contribution in [0.3, 0.4) is 0 Å². The van der Waals surface area contributed by atoms with E-state index in [1.807, 2.05) is 0 Å². The van der Waals surface area contributed by atoms with Crippen molar-refractivity contribution in [2.75, 3.05) is 6.61 Å². The van der Waals surface area contributed by atoms with Gasteiger partial charge in [0, 0.05) is 0 Å². The van der Waals surface area contributed by atoms with Gasteiger partial charge in [0.2, 0.25) is 0 Å². The number of thiocarbonyl (C=S) groups is 1. The molecule has 0 atom stereocenters. The Morgan fingerprint density at radius 1 is 1.17 bits per heavy atom. The molecule has 0 bridgehead atoms. The molecule has 24 heavy (non-hydrogen) atoms. The standard InChI is InChI=1S/C16H15N3O4S/c1-2-9-22-12-7-4-3-6-11(12)14(20)18-19-16(24)17-15(21)13-8-5-10-23-13/h2-8,10H,1,9H2,(H,18,20)(H2,17,19,21,24). The summed E-state index contributed by atoms with van der Waals surface area (Å²) < 4.78 is 10.3. The SMILES string of the molecule is C=CCOc1ccccc1C(=O)NNC(=S)NC(=O)c1ccco1. The average Bonchev–Trinajstić information content (AvgIpc) is 3.13. The third-order valence-corrected chi connectivity index (χ3v) is 2.95. The minimum absolute atomic E-state index is 0.0748. The molecule has 0 aliphatic heterocycles. The molecule has 0 saturated carbocycles. The number of ether oxygens (including phenoxy) is 1. The van der Waals surface area contributed by atoms with E-state index < -0.39 is 11.8 Å². The Balaban J connectivity index is 1.90. The molecule has 1 aromatic carbocycles. The van der Waals surface area contributed by atoms with Gasteiger partial charge in [-0.05, 0) is 36.5 Å². The largest absolute Gasteiger partial charge is 0.489 e. The van der Waals surface area contributed by atoms with Crippen molar-refractivity contribution >= 4 is 29.1 Å². The number of benzene rings is 1. The first-order chi connectivity index (χ1) is 11.6. The van der Waals surface area contributed by atoms with Crippen LogP contribution in [0.2, 0.25) is 0 Å². The maximum absolute atomic E-state index is 12.2. The molecule has 7 nitrogen and oxygen atoms in total. The lowest BCUT2D eigenvalue weighted by Gasteiger charge is -2.12. The quantitative estimate of drug-likeness (QED) is 0.435. The predicted molar refractivity (Wildman–Crippen MR) is 91.5 cm³/mol. The maximum Gasteiger partial charge on any atom is 0.293 e. The number of carbonyl (C=O) groups is 2. The number of hydrazine groups is 1. The highest BCUT2D eigenvalue weighted by Gasteiger charge is 2.13. The number of hydrogen-bond acceptors (Lipinski definition) is 5. The van der Waals surface area contributed by atoms with Crippen LogP contribution in [0.25, 0.3) is 0 Å². The van der Waals surface area contributed by atoms with Gasteiger partial charge in [0.25, 0.3) is 11.8 Å². The minimum Gasteiger partial charge on any atom is -0.489 e. The van der Waals surface area contributed by atoms with Gasteiger partial charge in [-0.3, -0.25) is 25.8 Å². The number of nitrogens with one attached hydrogen (secondary N) is 3. The van der Waals surface area contributed by atoms with E-state index in [0.717, 1.165) is 0 Å². The number of carbonyl (C=O) groups excluding carboxylic acids is 2. The number of furan rings is 1. The molecule has 0 aliphatic carbocycles. The van der Waals surface area contributed by atoms with Crippen molar-refractivity contribution in [1.29, 1.82) is 0 Å². The lowest BCUT2D eigenvalue weighted by atomic mass is 10.2. The zero-order valence-electron chi connectivity index (χ0n) is 12.6. The number of hydrogen-bond donors (Lipinski definition) is 3. The molecule has 0 spiro atoms. The summed E-state index contributed by atoms with van der Waals surface area (Å²) in [5.41, 5.74) is 5.14. The number of amides is 2. The van der Waals surface area contributed by atoms with E-state index >= 15 is 0 Å². The van der Waals surface area contributed by atoms with E-state index in [9.17, 15) is 9.59 Å². The third kappa shape index (κ3) is 4.68. The lowest BCUT2D eigenvalue weighted by molar-refractivity contribution is 0.0924. The van der Waals surface area contributed by atoms with Crippen LogP contribution in [0.15, 0.2) is 59.7 Å². The second-order valence-electron chi connectivity index (χ2n) is 4.44. The van der Waals surface area contributed by atoms with Crippen molar-refractivity contribution in [3.8, 4) is 5.75 Å². The molecule has 0 radical (unpaired) electrons. The molecule has 2 amide bonds. The van der Waals surface area contributed by atoms with Gasteiger partial charge >= 0.3 is 0 Å². The van der Waals surface area contributed by atoms with E-state index in [-0.39, 0.29) is 17.5 Å². The molecule has 0 saturated heterocycles.